The quantitative estimate of drug-likeness (QED) is 0.793. The molecule has 18 heavy (non-hydrogen) atoms. The second-order valence-corrected chi connectivity index (χ2v) is 6.33. The fraction of sp³-hybridized carbons (Fsp3) is 0.625. The second-order valence-electron chi connectivity index (χ2n) is 6.33. The minimum Gasteiger partial charge on any atom is -0.493 e. The van der Waals surface area contributed by atoms with Crippen LogP contribution >= 0.6 is 0 Å². The number of ether oxygens (including phenoxy) is 1. The van der Waals surface area contributed by atoms with Crippen molar-refractivity contribution in [2.45, 2.75) is 53.5 Å². The van der Waals surface area contributed by atoms with Gasteiger partial charge in [0.2, 0.25) is 0 Å². The molecule has 0 saturated carbocycles. The lowest BCUT2D eigenvalue weighted by molar-refractivity contribution is 0.268. The van der Waals surface area contributed by atoms with Gasteiger partial charge in [0, 0.05) is 6.04 Å². The summed E-state index contributed by atoms with van der Waals surface area (Å²) >= 11 is 0. The Hall–Kier alpha value is -1.02. The number of benzene rings is 1. The first-order valence-corrected chi connectivity index (χ1v) is 6.78. The zero-order valence-corrected chi connectivity index (χ0v) is 12.4. The number of rotatable bonds is 5. The molecule has 0 heterocycles. The van der Waals surface area contributed by atoms with E-state index in [-0.39, 0.29) is 6.04 Å². The molecule has 0 spiro atoms. The van der Waals surface area contributed by atoms with Crippen molar-refractivity contribution in [3.05, 3.63) is 29.3 Å². The van der Waals surface area contributed by atoms with E-state index in [1.54, 1.807) is 0 Å². The Balaban J connectivity index is 2.48. The average molecular weight is 249 g/mol. The van der Waals surface area contributed by atoms with Crippen molar-refractivity contribution < 1.29 is 4.74 Å². The van der Waals surface area contributed by atoms with E-state index in [0.29, 0.717) is 5.41 Å². The Labute approximate surface area is 112 Å². The fourth-order valence-electron chi connectivity index (χ4n) is 1.90. The average Bonchev–Trinajstić information content (AvgIpc) is 2.24. The SMILES string of the molecule is Cc1cc(C(C)N)ccc1OCCCC(C)(C)C. The van der Waals surface area contributed by atoms with Gasteiger partial charge < -0.3 is 10.5 Å². The van der Waals surface area contributed by atoms with E-state index in [4.69, 9.17) is 10.5 Å². The van der Waals surface area contributed by atoms with Gasteiger partial charge in [-0.25, -0.2) is 0 Å². The zero-order chi connectivity index (χ0) is 13.8. The molecule has 0 aromatic heterocycles. The van der Waals surface area contributed by atoms with Crippen LogP contribution in [-0.2, 0) is 0 Å². The summed E-state index contributed by atoms with van der Waals surface area (Å²) in [6, 6.07) is 6.28. The predicted molar refractivity (Wildman–Crippen MR) is 78.0 cm³/mol. The maximum atomic E-state index is 5.86. The lowest BCUT2D eigenvalue weighted by Gasteiger charge is -2.18. The van der Waals surface area contributed by atoms with Crippen LogP contribution in [0.25, 0.3) is 0 Å². The van der Waals surface area contributed by atoms with Gasteiger partial charge in [-0.3, -0.25) is 0 Å². The lowest BCUT2D eigenvalue weighted by Crippen LogP contribution is -2.09. The van der Waals surface area contributed by atoms with Gasteiger partial charge in [0.1, 0.15) is 5.75 Å². The molecular weight excluding hydrogens is 222 g/mol. The third kappa shape index (κ3) is 5.09. The van der Waals surface area contributed by atoms with Crippen molar-refractivity contribution in [3.8, 4) is 5.75 Å². The standard InChI is InChI=1S/C16H27NO/c1-12-11-14(13(2)17)7-8-15(12)18-10-6-9-16(3,4)5/h7-8,11,13H,6,9-10,17H2,1-5H3. The van der Waals surface area contributed by atoms with Crippen LogP contribution in [0.1, 0.15) is 57.7 Å². The van der Waals surface area contributed by atoms with Crippen LogP contribution in [0, 0.1) is 12.3 Å². The number of aryl methyl sites for hydroxylation is 1. The molecule has 1 rings (SSSR count). The van der Waals surface area contributed by atoms with E-state index in [9.17, 15) is 0 Å². The Morgan fingerprint density at radius 1 is 1.28 bits per heavy atom. The molecular formula is C16H27NO. The molecule has 2 N–H and O–H groups in total. The summed E-state index contributed by atoms with van der Waals surface area (Å²) in [6.45, 7) is 11.6. The van der Waals surface area contributed by atoms with Gasteiger partial charge in [-0.15, -0.1) is 0 Å². The smallest absolute Gasteiger partial charge is 0.122 e. The molecule has 1 atom stereocenters. The van der Waals surface area contributed by atoms with Crippen molar-refractivity contribution in [2.75, 3.05) is 6.61 Å². The van der Waals surface area contributed by atoms with Gasteiger partial charge in [-0.2, -0.15) is 0 Å². The fourth-order valence-corrected chi connectivity index (χ4v) is 1.90. The van der Waals surface area contributed by atoms with Crippen LogP contribution in [0.2, 0.25) is 0 Å². The minimum atomic E-state index is 0.0821. The van der Waals surface area contributed by atoms with Crippen molar-refractivity contribution in [3.63, 3.8) is 0 Å². The van der Waals surface area contributed by atoms with Crippen LogP contribution < -0.4 is 10.5 Å². The molecule has 0 saturated heterocycles. The van der Waals surface area contributed by atoms with Gasteiger partial charge in [0.25, 0.3) is 0 Å². The summed E-state index contributed by atoms with van der Waals surface area (Å²) in [5.41, 5.74) is 8.58. The first-order valence-electron chi connectivity index (χ1n) is 6.78. The van der Waals surface area contributed by atoms with E-state index in [1.165, 1.54) is 12.0 Å². The molecule has 0 aliphatic carbocycles. The third-order valence-electron chi connectivity index (χ3n) is 3.05. The van der Waals surface area contributed by atoms with Crippen molar-refractivity contribution in [1.82, 2.24) is 0 Å². The molecule has 1 aromatic rings. The summed E-state index contributed by atoms with van der Waals surface area (Å²) in [7, 11) is 0. The highest BCUT2D eigenvalue weighted by molar-refractivity contribution is 5.37. The molecule has 102 valence electrons. The Morgan fingerprint density at radius 3 is 2.44 bits per heavy atom. The Bertz CT molecular complexity index is 377. The number of hydrogen-bond acceptors (Lipinski definition) is 2. The van der Waals surface area contributed by atoms with Crippen LogP contribution in [0.15, 0.2) is 18.2 Å². The van der Waals surface area contributed by atoms with Crippen LogP contribution in [-0.4, -0.2) is 6.61 Å². The van der Waals surface area contributed by atoms with E-state index in [2.05, 4.69) is 39.8 Å². The number of hydrogen-bond donors (Lipinski definition) is 1. The second kappa shape index (κ2) is 6.24. The summed E-state index contributed by atoms with van der Waals surface area (Å²) in [4.78, 5) is 0. The monoisotopic (exact) mass is 249 g/mol. The molecule has 0 amide bonds. The summed E-state index contributed by atoms with van der Waals surface area (Å²) in [5, 5.41) is 0. The number of nitrogens with two attached hydrogens (primary N) is 1. The van der Waals surface area contributed by atoms with Crippen LogP contribution in [0.3, 0.4) is 0 Å². The highest BCUT2D eigenvalue weighted by atomic mass is 16.5. The third-order valence-corrected chi connectivity index (χ3v) is 3.05. The molecule has 2 nitrogen and oxygen atoms in total. The maximum absolute atomic E-state index is 5.86. The van der Waals surface area contributed by atoms with E-state index in [1.807, 2.05) is 13.0 Å². The molecule has 0 bridgehead atoms. The van der Waals surface area contributed by atoms with E-state index < -0.39 is 0 Å². The lowest BCUT2D eigenvalue weighted by atomic mass is 9.91. The van der Waals surface area contributed by atoms with Crippen LogP contribution in [0.5, 0.6) is 5.75 Å². The molecule has 0 radical (unpaired) electrons. The summed E-state index contributed by atoms with van der Waals surface area (Å²) in [5.74, 6) is 0.980. The maximum Gasteiger partial charge on any atom is 0.122 e. The topological polar surface area (TPSA) is 35.2 Å². The van der Waals surface area contributed by atoms with Gasteiger partial charge in [-0.1, -0.05) is 32.9 Å². The van der Waals surface area contributed by atoms with Gasteiger partial charge in [0.05, 0.1) is 6.61 Å². The highest BCUT2D eigenvalue weighted by Crippen LogP contribution is 2.24. The summed E-state index contributed by atoms with van der Waals surface area (Å²) in [6.07, 6.45) is 2.28. The van der Waals surface area contributed by atoms with Gasteiger partial charge >= 0.3 is 0 Å². The molecule has 0 fully saturated rings. The zero-order valence-electron chi connectivity index (χ0n) is 12.4. The van der Waals surface area contributed by atoms with Crippen LogP contribution in [0.4, 0.5) is 0 Å². The van der Waals surface area contributed by atoms with Gasteiger partial charge in [0.15, 0.2) is 0 Å². The van der Waals surface area contributed by atoms with Gasteiger partial charge in [-0.05, 0) is 49.3 Å². The minimum absolute atomic E-state index is 0.0821. The molecule has 1 unspecified atom stereocenters. The van der Waals surface area contributed by atoms with Crippen molar-refractivity contribution >= 4 is 0 Å². The van der Waals surface area contributed by atoms with Crippen molar-refractivity contribution in [1.29, 1.82) is 0 Å². The molecule has 0 aliphatic rings. The normalized spacial score (nSPS) is 13.4. The predicted octanol–water partition coefficient (Wildman–Crippen LogP) is 4.22. The first-order chi connectivity index (χ1) is 8.29. The molecule has 1 aromatic carbocycles. The summed E-state index contributed by atoms with van der Waals surface area (Å²) < 4.78 is 5.83. The Kier molecular flexibility index (Phi) is 5.21. The van der Waals surface area contributed by atoms with E-state index in [0.717, 1.165) is 24.3 Å². The molecule has 0 aliphatic heterocycles. The largest absolute Gasteiger partial charge is 0.493 e. The van der Waals surface area contributed by atoms with E-state index >= 15 is 0 Å². The highest BCUT2D eigenvalue weighted by Gasteiger charge is 2.10. The Morgan fingerprint density at radius 2 is 1.94 bits per heavy atom. The first kappa shape index (κ1) is 15.0. The van der Waals surface area contributed by atoms with Crippen molar-refractivity contribution in [2.24, 2.45) is 11.1 Å². The molecule has 2 heteroatoms.